The van der Waals surface area contributed by atoms with Crippen LogP contribution in [0.5, 0.6) is 0 Å². The molecule has 1 aromatic carbocycles. The predicted octanol–water partition coefficient (Wildman–Crippen LogP) is 5.45. The third-order valence-electron chi connectivity index (χ3n) is 3.19. The second kappa shape index (κ2) is 5.17. The van der Waals surface area contributed by atoms with E-state index in [0.29, 0.717) is 32.7 Å². The van der Waals surface area contributed by atoms with Gasteiger partial charge in [-0.3, -0.25) is 0 Å². The van der Waals surface area contributed by atoms with Crippen molar-refractivity contribution in [1.29, 1.82) is 0 Å². The number of alkyl halides is 1. The van der Waals surface area contributed by atoms with Crippen molar-refractivity contribution in [1.82, 2.24) is 9.78 Å². The summed E-state index contributed by atoms with van der Waals surface area (Å²) in [5.74, 6) is 0.842. The highest BCUT2D eigenvalue weighted by Crippen LogP contribution is 2.43. The summed E-state index contributed by atoms with van der Waals surface area (Å²) in [7, 11) is 0. The molecule has 0 N–H and O–H groups in total. The lowest BCUT2D eigenvalue weighted by molar-refractivity contribution is 0.837. The van der Waals surface area contributed by atoms with Gasteiger partial charge in [-0.1, -0.05) is 34.8 Å². The smallest absolute Gasteiger partial charge is 0.137 e. The molecule has 3 rings (SSSR count). The van der Waals surface area contributed by atoms with Crippen molar-refractivity contribution in [3.8, 4) is 5.69 Å². The van der Waals surface area contributed by atoms with Crippen LogP contribution in [0.15, 0.2) is 18.2 Å². The van der Waals surface area contributed by atoms with E-state index in [2.05, 4.69) is 5.10 Å². The van der Waals surface area contributed by atoms with Crippen molar-refractivity contribution < 1.29 is 0 Å². The van der Waals surface area contributed by atoms with Crippen LogP contribution in [-0.2, 0) is 5.88 Å². The first kappa shape index (κ1) is 13.6. The fraction of sp³-hybridized carbons (Fsp3) is 0.308. The molecule has 0 unspecified atom stereocenters. The molecule has 2 aromatic rings. The van der Waals surface area contributed by atoms with E-state index >= 15 is 0 Å². The molecule has 1 heterocycles. The van der Waals surface area contributed by atoms with Crippen LogP contribution < -0.4 is 0 Å². The lowest BCUT2D eigenvalue weighted by Crippen LogP contribution is -1.98. The minimum Gasteiger partial charge on any atom is -0.220 e. The topological polar surface area (TPSA) is 17.8 Å². The van der Waals surface area contributed by atoms with E-state index in [1.807, 2.05) is 0 Å². The Kier molecular flexibility index (Phi) is 3.69. The Labute approximate surface area is 131 Å². The maximum atomic E-state index is 6.37. The van der Waals surface area contributed by atoms with Crippen molar-refractivity contribution in [2.24, 2.45) is 0 Å². The molecule has 2 nitrogen and oxygen atoms in total. The molecule has 1 aliphatic carbocycles. The number of rotatable bonds is 3. The molecule has 0 atom stereocenters. The molecule has 1 aliphatic rings. The van der Waals surface area contributed by atoms with Gasteiger partial charge in [0, 0.05) is 16.5 Å². The average Bonchev–Trinajstić information content (AvgIpc) is 3.15. The molecule has 1 fully saturated rings. The predicted molar refractivity (Wildman–Crippen MR) is 80.1 cm³/mol. The Morgan fingerprint density at radius 2 is 1.95 bits per heavy atom. The van der Waals surface area contributed by atoms with Crippen LogP contribution in [0.4, 0.5) is 0 Å². The molecule has 0 bridgehead atoms. The molecule has 1 aromatic heterocycles. The summed E-state index contributed by atoms with van der Waals surface area (Å²) < 4.78 is 1.64. The summed E-state index contributed by atoms with van der Waals surface area (Å²) in [5, 5.41) is 6.20. The normalized spacial score (nSPS) is 14.9. The molecule has 0 spiro atoms. The number of hydrogen-bond donors (Lipinski definition) is 0. The molecular formula is C13H10Cl4N2. The Morgan fingerprint density at radius 1 is 1.21 bits per heavy atom. The Morgan fingerprint density at radius 3 is 2.53 bits per heavy atom. The minimum atomic E-state index is 0.357. The zero-order valence-corrected chi connectivity index (χ0v) is 12.9. The maximum Gasteiger partial charge on any atom is 0.137 e. The fourth-order valence-electron chi connectivity index (χ4n) is 2.07. The quantitative estimate of drug-likeness (QED) is 0.682. The van der Waals surface area contributed by atoms with E-state index in [1.165, 1.54) is 0 Å². The largest absolute Gasteiger partial charge is 0.220 e. The molecule has 0 radical (unpaired) electrons. The van der Waals surface area contributed by atoms with Crippen LogP contribution in [0.25, 0.3) is 5.69 Å². The Balaban J connectivity index is 2.14. The SMILES string of the molecule is ClCc1c(C2CC2)nn(-c2ccc(Cl)cc2Cl)c1Cl. The van der Waals surface area contributed by atoms with Crippen molar-refractivity contribution in [3.63, 3.8) is 0 Å². The molecular weight excluding hydrogens is 326 g/mol. The Hall–Kier alpha value is -0.410. The van der Waals surface area contributed by atoms with E-state index in [-0.39, 0.29) is 0 Å². The van der Waals surface area contributed by atoms with E-state index in [0.717, 1.165) is 24.1 Å². The highest BCUT2D eigenvalue weighted by Gasteiger charge is 2.31. The van der Waals surface area contributed by atoms with Gasteiger partial charge < -0.3 is 0 Å². The zero-order chi connectivity index (χ0) is 13.6. The van der Waals surface area contributed by atoms with Crippen molar-refractivity contribution in [2.45, 2.75) is 24.6 Å². The van der Waals surface area contributed by atoms with E-state index in [4.69, 9.17) is 46.4 Å². The number of aromatic nitrogens is 2. The average molecular weight is 336 g/mol. The fourth-order valence-corrected chi connectivity index (χ4v) is 3.18. The minimum absolute atomic E-state index is 0.357. The van der Waals surface area contributed by atoms with Gasteiger partial charge in [0.25, 0.3) is 0 Å². The first-order chi connectivity index (χ1) is 9.11. The van der Waals surface area contributed by atoms with Crippen LogP contribution >= 0.6 is 46.4 Å². The van der Waals surface area contributed by atoms with Crippen LogP contribution in [0, 0.1) is 0 Å². The zero-order valence-electron chi connectivity index (χ0n) is 9.84. The number of nitrogens with zero attached hydrogens (tertiary/aromatic N) is 2. The van der Waals surface area contributed by atoms with Crippen LogP contribution in [0.2, 0.25) is 15.2 Å². The van der Waals surface area contributed by atoms with E-state index in [1.54, 1.807) is 22.9 Å². The van der Waals surface area contributed by atoms with Crippen molar-refractivity contribution in [3.05, 3.63) is 44.7 Å². The number of benzene rings is 1. The standard InChI is InChI=1S/C13H10Cl4N2/c14-6-9-12(7-1-2-7)18-19(13(9)17)11-4-3-8(15)5-10(11)16/h3-5,7H,1-2,6H2. The molecule has 0 aliphatic heterocycles. The van der Waals surface area contributed by atoms with Gasteiger partial charge in [0.1, 0.15) is 5.15 Å². The van der Waals surface area contributed by atoms with Gasteiger partial charge in [-0.15, -0.1) is 11.6 Å². The van der Waals surface area contributed by atoms with Crippen LogP contribution in [-0.4, -0.2) is 9.78 Å². The van der Waals surface area contributed by atoms with Crippen LogP contribution in [0.3, 0.4) is 0 Å². The summed E-state index contributed by atoms with van der Waals surface area (Å²) in [6, 6.07) is 5.24. The summed E-state index contributed by atoms with van der Waals surface area (Å²) in [6.07, 6.45) is 2.29. The first-order valence-electron chi connectivity index (χ1n) is 5.90. The van der Waals surface area contributed by atoms with Gasteiger partial charge in [-0.2, -0.15) is 5.10 Å². The summed E-state index contributed by atoms with van der Waals surface area (Å²) in [6.45, 7) is 0. The lowest BCUT2D eigenvalue weighted by Gasteiger charge is -2.06. The lowest BCUT2D eigenvalue weighted by atomic mass is 10.2. The molecule has 6 heteroatoms. The first-order valence-corrected chi connectivity index (χ1v) is 7.57. The monoisotopic (exact) mass is 334 g/mol. The van der Waals surface area contributed by atoms with Crippen molar-refractivity contribution in [2.75, 3.05) is 0 Å². The second-order valence-electron chi connectivity index (χ2n) is 4.57. The van der Waals surface area contributed by atoms with Crippen LogP contribution in [0.1, 0.15) is 30.0 Å². The second-order valence-corrected chi connectivity index (χ2v) is 6.04. The molecule has 19 heavy (non-hydrogen) atoms. The number of halogens is 4. The van der Waals surface area contributed by atoms with Gasteiger partial charge in [0.05, 0.1) is 22.3 Å². The molecule has 100 valence electrons. The molecule has 0 amide bonds. The van der Waals surface area contributed by atoms with Crippen molar-refractivity contribution >= 4 is 46.4 Å². The maximum absolute atomic E-state index is 6.37. The van der Waals surface area contributed by atoms with E-state index < -0.39 is 0 Å². The van der Waals surface area contributed by atoms with Gasteiger partial charge >= 0.3 is 0 Å². The third kappa shape index (κ3) is 2.47. The van der Waals surface area contributed by atoms with Gasteiger partial charge in [0.2, 0.25) is 0 Å². The highest BCUT2D eigenvalue weighted by atomic mass is 35.5. The highest BCUT2D eigenvalue weighted by molar-refractivity contribution is 6.36. The Bertz CT molecular complexity index is 632. The molecule has 0 saturated heterocycles. The van der Waals surface area contributed by atoms with Gasteiger partial charge in [0.15, 0.2) is 0 Å². The molecule has 1 saturated carbocycles. The summed E-state index contributed by atoms with van der Waals surface area (Å²) >= 11 is 24.5. The summed E-state index contributed by atoms with van der Waals surface area (Å²) in [5.41, 5.74) is 2.61. The van der Waals surface area contributed by atoms with Gasteiger partial charge in [-0.05, 0) is 31.0 Å². The van der Waals surface area contributed by atoms with E-state index in [9.17, 15) is 0 Å². The summed E-state index contributed by atoms with van der Waals surface area (Å²) in [4.78, 5) is 0. The third-order valence-corrected chi connectivity index (χ3v) is 4.38. The van der Waals surface area contributed by atoms with Gasteiger partial charge in [-0.25, -0.2) is 4.68 Å². The number of hydrogen-bond acceptors (Lipinski definition) is 1.